The van der Waals surface area contributed by atoms with E-state index in [0.29, 0.717) is 11.7 Å². The quantitative estimate of drug-likeness (QED) is 0.870. The Bertz CT molecular complexity index is 366. The second-order valence-electron chi connectivity index (χ2n) is 4.75. The molecule has 1 amide bonds. The molecule has 0 aromatic carbocycles. The summed E-state index contributed by atoms with van der Waals surface area (Å²) in [4.78, 5) is 12.1. The van der Waals surface area contributed by atoms with Gasteiger partial charge in [-0.15, -0.1) is 0 Å². The fraction of sp³-hybridized carbons (Fsp3) is 0.692. The summed E-state index contributed by atoms with van der Waals surface area (Å²) < 4.78 is 1.79. The molecular weight excluding hydrogens is 214 g/mol. The predicted octanol–water partition coefficient (Wildman–Crippen LogP) is 2.36. The Labute approximate surface area is 102 Å². The van der Waals surface area contributed by atoms with Gasteiger partial charge in [0.25, 0.3) is 5.91 Å². The number of hydrogen-bond acceptors (Lipinski definition) is 2. The topological polar surface area (TPSA) is 46.9 Å². The second kappa shape index (κ2) is 5.84. The first kappa shape index (κ1) is 12.1. The summed E-state index contributed by atoms with van der Waals surface area (Å²) in [6, 6.07) is 2.16. The standard InChI is InChI=1S/C13H21N3O/c1-2-10-16-12(8-9-14-16)13(17)15-11-6-4-3-5-7-11/h8-9,11H,2-7,10H2,1H3,(H,15,17). The van der Waals surface area contributed by atoms with Gasteiger partial charge < -0.3 is 5.32 Å². The van der Waals surface area contributed by atoms with E-state index in [1.807, 2.05) is 0 Å². The number of rotatable bonds is 4. The molecule has 1 aliphatic rings. The van der Waals surface area contributed by atoms with Crippen molar-refractivity contribution in [3.63, 3.8) is 0 Å². The average molecular weight is 235 g/mol. The summed E-state index contributed by atoms with van der Waals surface area (Å²) in [6.45, 7) is 2.89. The zero-order chi connectivity index (χ0) is 12.1. The molecular formula is C13H21N3O. The highest BCUT2D eigenvalue weighted by Crippen LogP contribution is 2.17. The lowest BCUT2D eigenvalue weighted by molar-refractivity contribution is 0.0916. The van der Waals surface area contributed by atoms with Crippen LogP contribution in [0.1, 0.15) is 55.9 Å². The average Bonchev–Trinajstić information content (AvgIpc) is 2.79. The first-order chi connectivity index (χ1) is 8.31. The van der Waals surface area contributed by atoms with Gasteiger partial charge in [-0.2, -0.15) is 5.10 Å². The van der Waals surface area contributed by atoms with Crippen LogP contribution < -0.4 is 5.32 Å². The minimum Gasteiger partial charge on any atom is -0.348 e. The fourth-order valence-corrected chi connectivity index (χ4v) is 2.42. The van der Waals surface area contributed by atoms with Crippen molar-refractivity contribution >= 4 is 5.91 Å². The molecule has 1 heterocycles. The van der Waals surface area contributed by atoms with Gasteiger partial charge in [-0.3, -0.25) is 9.48 Å². The Morgan fingerprint density at radius 3 is 2.94 bits per heavy atom. The van der Waals surface area contributed by atoms with Crippen LogP contribution in [-0.4, -0.2) is 21.7 Å². The molecule has 1 saturated carbocycles. The highest BCUT2D eigenvalue weighted by atomic mass is 16.2. The molecule has 1 fully saturated rings. The van der Waals surface area contributed by atoms with Crippen LogP contribution in [0, 0.1) is 0 Å². The summed E-state index contributed by atoms with van der Waals surface area (Å²) >= 11 is 0. The summed E-state index contributed by atoms with van der Waals surface area (Å²) in [5, 5.41) is 7.30. The molecule has 0 bridgehead atoms. The molecule has 17 heavy (non-hydrogen) atoms. The molecule has 94 valence electrons. The van der Waals surface area contributed by atoms with Crippen molar-refractivity contribution in [2.45, 2.75) is 58.0 Å². The SMILES string of the molecule is CCCn1nccc1C(=O)NC1CCCCC1. The van der Waals surface area contributed by atoms with E-state index < -0.39 is 0 Å². The number of aromatic nitrogens is 2. The molecule has 1 aromatic rings. The Kier molecular flexibility index (Phi) is 4.18. The highest BCUT2D eigenvalue weighted by molar-refractivity contribution is 5.92. The van der Waals surface area contributed by atoms with E-state index in [1.54, 1.807) is 16.9 Å². The van der Waals surface area contributed by atoms with E-state index in [1.165, 1.54) is 19.3 Å². The van der Waals surface area contributed by atoms with Gasteiger partial charge in [0, 0.05) is 18.8 Å². The highest BCUT2D eigenvalue weighted by Gasteiger charge is 2.18. The maximum Gasteiger partial charge on any atom is 0.269 e. The predicted molar refractivity (Wildman–Crippen MR) is 66.9 cm³/mol. The van der Waals surface area contributed by atoms with Crippen LogP contribution in [0.4, 0.5) is 0 Å². The second-order valence-corrected chi connectivity index (χ2v) is 4.75. The van der Waals surface area contributed by atoms with Crippen LogP contribution in [-0.2, 0) is 6.54 Å². The minimum atomic E-state index is 0.0304. The van der Waals surface area contributed by atoms with Gasteiger partial charge in [0.15, 0.2) is 0 Å². The molecule has 2 rings (SSSR count). The maximum atomic E-state index is 12.1. The smallest absolute Gasteiger partial charge is 0.269 e. The molecule has 4 nitrogen and oxygen atoms in total. The third kappa shape index (κ3) is 3.08. The molecule has 0 aliphatic heterocycles. The van der Waals surface area contributed by atoms with E-state index in [0.717, 1.165) is 25.8 Å². The number of aryl methyl sites for hydroxylation is 1. The normalized spacial score (nSPS) is 17.0. The van der Waals surface area contributed by atoms with Gasteiger partial charge in [0.05, 0.1) is 0 Å². The van der Waals surface area contributed by atoms with Crippen molar-refractivity contribution in [1.29, 1.82) is 0 Å². The maximum absolute atomic E-state index is 12.1. The van der Waals surface area contributed by atoms with Gasteiger partial charge in [-0.05, 0) is 25.3 Å². The molecule has 1 aliphatic carbocycles. The fourth-order valence-electron chi connectivity index (χ4n) is 2.42. The Morgan fingerprint density at radius 1 is 1.47 bits per heavy atom. The van der Waals surface area contributed by atoms with Gasteiger partial charge in [0.1, 0.15) is 5.69 Å². The number of amides is 1. The number of carbonyl (C=O) groups is 1. The zero-order valence-corrected chi connectivity index (χ0v) is 10.5. The monoisotopic (exact) mass is 235 g/mol. The van der Waals surface area contributed by atoms with E-state index in [4.69, 9.17) is 0 Å². The number of nitrogens with zero attached hydrogens (tertiary/aromatic N) is 2. The first-order valence-corrected chi connectivity index (χ1v) is 6.64. The molecule has 1 aromatic heterocycles. The molecule has 0 unspecified atom stereocenters. The van der Waals surface area contributed by atoms with E-state index >= 15 is 0 Å². The first-order valence-electron chi connectivity index (χ1n) is 6.64. The van der Waals surface area contributed by atoms with Crippen LogP contribution >= 0.6 is 0 Å². The van der Waals surface area contributed by atoms with Crippen LogP contribution in [0.5, 0.6) is 0 Å². The minimum absolute atomic E-state index is 0.0304. The third-order valence-corrected chi connectivity index (χ3v) is 3.32. The molecule has 0 atom stereocenters. The molecule has 0 radical (unpaired) electrons. The van der Waals surface area contributed by atoms with Crippen molar-refractivity contribution in [1.82, 2.24) is 15.1 Å². The summed E-state index contributed by atoms with van der Waals surface area (Å²) in [7, 11) is 0. The number of carbonyl (C=O) groups excluding carboxylic acids is 1. The lowest BCUT2D eigenvalue weighted by Crippen LogP contribution is -2.37. The Morgan fingerprint density at radius 2 is 2.24 bits per heavy atom. The largest absolute Gasteiger partial charge is 0.348 e. The summed E-state index contributed by atoms with van der Waals surface area (Å²) in [6.07, 6.45) is 8.70. The van der Waals surface area contributed by atoms with Crippen LogP contribution in [0.15, 0.2) is 12.3 Å². The number of nitrogens with one attached hydrogen (secondary N) is 1. The van der Waals surface area contributed by atoms with E-state index in [9.17, 15) is 4.79 Å². The Hall–Kier alpha value is -1.32. The molecule has 1 N–H and O–H groups in total. The van der Waals surface area contributed by atoms with Crippen molar-refractivity contribution in [2.24, 2.45) is 0 Å². The Balaban J connectivity index is 1.96. The third-order valence-electron chi connectivity index (χ3n) is 3.32. The van der Waals surface area contributed by atoms with Crippen LogP contribution in [0.2, 0.25) is 0 Å². The van der Waals surface area contributed by atoms with Gasteiger partial charge >= 0.3 is 0 Å². The van der Waals surface area contributed by atoms with Crippen molar-refractivity contribution < 1.29 is 4.79 Å². The molecule has 0 saturated heterocycles. The van der Waals surface area contributed by atoms with Crippen molar-refractivity contribution in [3.8, 4) is 0 Å². The van der Waals surface area contributed by atoms with Crippen molar-refractivity contribution in [3.05, 3.63) is 18.0 Å². The van der Waals surface area contributed by atoms with Crippen LogP contribution in [0.3, 0.4) is 0 Å². The number of hydrogen-bond donors (Lipinski definition) is 1. The van der Waals surface area contributed by atoms with E-state index in [-0.39, 0.29) is 5.91 Å². The van der Waals surface area contributed by atoms with Gasteiger partial charge in [-0.25, -0.2) is 0 Å². The lowest BCUT2D eigenvalue weighted by atomic mass is 9.95. The van der Waals surface area contributed by atoms with Crippen molar-refractivity contribution in [2.75, 3.05) is 0 Å². The van der Waals surface area contributed by atoms with Crippen LogP contribution in [0.25, 0.3) is 0 Å². The molecule has 4 heteroatoms. The zero-order valence-electron chi connectivity index (χ0n) is 10.5. The summed E-state index contributed by atoms with van der Waals surface area (Å²) in [5.74, 6) is 0.0304. The van der Waals surface area contributed by atoms with Gasteiger partial charge in [0.2, 0.25) is 0 Å². The lowest BCUT2D eigenvalue weighted by Gasteiger charge is -2.22. The summed E-state index contributed by atoms with van der Waals surface area (Å²) in [5.41, 5.74) is 0.692. The van der Waals surface area contributed by atoms with Gasteiger partial charge in [-0.1, -0.05) is 26.2 Å². The molecule has 0 spiro atoms. The van der Waals surface area contributed by atoms with E-state index in [2.05, 4.69) is 17.3 Å².